The number of hydrogen-bond donors (Lipinski definition) is 3. The first-order chi connectivity index (χ1) is 13.7. The van der Waals surface area contributed by atoms with E-state index in [1.54, 1.807) is 13.0 Å². The molecule has 0 aliphatic heterocycles. The second-order valence-corrected chi connectivity index (χ2v) is 8.03. The Hall–Kier alpha value is -3.46. The van der Waals surface area contributed by atoms with Crippen LogP contribution in [0.15, 0.2) is 59.6 Å². The molecule has 9 heteroatoms. The van der Waals surface area contributed by atoms with E-state index in [-0.39, 0.29) is 27.7 Å². The lowest BCUT2D eigenvalue weighted by Crippen LogP contribution is -2.17. The summed E-state index contributed by atoms with van der Waals surface area (Å²) in [4.78, 5) is 26.3. The van der Waals surface area contributed by atoms with Crippen LogP contribution in [0.25, 0.3) is 0 Å². The lowest BCUT2D eigenvalue weighted by atomic mass is 10.2. The number of halogens is 1. The van der Waals surface area contributed by atoms with Gasteiger partial charge in [0, 0.05) is 17.4 Å². The van der Waals surface area contributed by atoms with Gasteiger partial charge in [-0.05, 0) is 49.7 Å². The van der Waals surface area contributed by atoms with Gasteiger partial charge in [-0.3, -0.25) is 14.3 Å². The number of nitrogens with one attached hydrogen (secondary N) is 3. The molecule has 7 nitrogen and oxygen atoms in total. The van der Waals surface area contributed by atoms with Gasteiger partial charge in [-0.2, -0.15) is 0 Å². The Morgan fingerprint density at radius 3 is 2.45 bits per heavy atom. The maximum atomic E-state index is 13.8. The van der Waals surface area contributed by atoms with Crippen LogP contribution in [0.2, 0.25) is 0 Å². The van der Waals surface area contributed by atoms with Crippen molar-refractivity contribution in [1.82, 2.24) is 4.98 Å². The Morgan fingerprint density at radius 1 is 1.07 bits per heavy atom. The monoisotopic (exact) mass is 415 g/mol. The number of carbonyl (C=O) groups excluding carboxylic acids is 2. The number of benzene rings is 2. The quantitative estimate of drug-likeness (QED) is 0.533. The second-order valence-electron chi connectivity index (χ2n) is 6.38. The molecule has 3 rings (SSSR count). The van der Waals surface area contributed by atoms with Gasteiger partial charge in [0.05, 0.1) is 10.6 Å². The smallest absolute Gasteiger partial charge is 0.272 e. The van der Waals surface area contributed by atoms with Crippen molar-refractivity contribution in [2.75, 3.05) is 10.0 Å². The zero-order chi connectivity index (χ0) is 21.2. The molecule has 0 saturated carbocycles. The molecule has 0 bridgehead atoms. The van der Waals surface area contributed by atoms with Crippen LogP contribution in [0, 0.1) is 12.7 Å². The van der Waals surface area contributed by atoms with E-state index in [1.807, 2.05) is 0 Å². The van der Waals surface area contributed by atoms with Gasteiger partial charge in [0.1, 0.15) is 11.5 Å². The molecule has 0 unspecified atom stereocenters. The number of aromatic nitrogens is 1. The third-order valence-electron chi connectivity index (χ3n) is 4.19. The fourth-order valence-electron chi connectivity index (χ4n) is 2.64. The lowest BCUT2D eigenvalue weighted by Gasteiger charge is -2.13. The average Bonchev–Trinajstić information content (AvgIpc) is 3.15. The zero-order valence-corrected chi connectivity index (χ0v) is 16.4. The summed E-state index contributed by atoms with van der Waals surface area (Å²) in [5.41, 5.74) is 0.990. The Kier molecular flexibility index (Phi) is 5.51. The minimum absolute atomic E-state index is 0.102. The number of amides is 1. The molecule has 0 atom stereocenters. The van der Waals surface area contributed by atoms with Crippen LogP contribution in [-0.4, -0.2) is 25.1 Å². The minimum Gasteiger partial charge on any atom is -0.356 e. The number of anilines is 2. The van der Waals surface area contributed by atoms with E-state index >= 15 is 0 Å². The molecule has 1 amide bonds. The highest BCUT2D eigenvalue weighted by Gasteiger charge is 2.20. The molecule has 3 N–H and O–H groups in total. The molecular weight excluding hydrogens is 397 g/mol. The van der Waals surface area contributed by atoms with E-state index in [0.29, 0.717) is 11.1 Å². The predicted molar refractivity (Wildman–Crippen MR) is 107 cm³/mol. The Morgan fingerprint density at radius 2 is 1.79 bits per heavy atom. The summed E-state index contributed by atoms with van der Waals surface area (Å²) in [5.74, 6) is -1.43. The molecule has 0 spiro atoms. The number of carbonyl (C=O) groups is 2. The number of Topliss-reactive ketones (excluding diaryl/α,β-unsaturated/α-hetero) is 1. The van der Waals surface area contributed by atoms with Gasteiger partial charge >= 0.3 is 0 Å². The molecule has 29 heavy (non-hydrogen) atoms. The van der Waals surface area contributed by atoms with E-state index < -0.39 is 21.7 Å². The van der Waals surface area contributed by atoms with E-state index in [2.05, 4.69) is 15.0 Å². The molecule has 3 aromatic rings. The second kappa shape index (κ2) is 7.88. The van der Waals surface area contributed by atoms with Gasteiger partial charge in [0.2, 0.25) is 0 Å². The highest BCUT2D eigenvalue weighted by Crippen LogP contribution is 2.24. The van der Waals surface area contributed by atoms with Gasteiger partial charge < -0.3 is 10.3 Å². The summed E-state index contributed by atoms with van der Waals surface area (Å²) in [6, 6.07) is 11.2. The number of ketones is 1. The van der Waals surface area contributed by atoms with Crippen molar-refractivity contribution in [3.8, 4) is 0 Å². The molecule has 0 fully saturated rings. The molecule has 1 aromatic heterocycles. The summed E-state index contributed by atoms with van der Waals surface area (Å²) in [6.07, 6.45) is 1.42. The largest absolute Gasteiger partial charge is 0.356 e. The first-order valence-electron chi connectivity index (χ1n) is 8.56. The van der Waals surface area contributed by atoms with Crippen molar-refractivity contribution >= 4 is 33.1 Å². The van der Waals surface area contributed by atoms with Crippen molar-refractivity contribution in [1.29, 1.82) is 0 Å². The van der Waals surface area contributed by atoms with Gasteiger partial charge in [0.25, 0.3) is 15.9 Å². The molecule has 0 aliphatic rings. The fraction of sp³-hybridized carbons (Fsp3) is 0.100. The zero-order valence-electron chi connectivity index (χ0n) is 15.6. The number of para-hydroxylation sites is 1. The molecule has 0 radical (unpaired) electrons. The number of rotatable bonds is 6. The van der Waals surface area contributed by atoms with E-state index in [0.717, 1.165) is 6.07 Å². The van der Waals surface area contributed by atoms with Crippen molar-refractivity contribution in [3.63, 3.8) is 0 Å². The van der Waals surface area contributed by atoms with Crippen LogP contribution in [0.3, 0.4) is 0 Å². The van der Waals surface area contributed by atoms with Crippen LogP contribution in [0.4, 0.5) is 15.8 Å². The number of aromatic amines is 1. The maximum absolute atomic E-state index is 13.8. The van der Waals surface area contributed by atoms with Gasteiger partial charge in [0.15, 0.2) is 5.78 Å². The van der Waals surface area contributed by atoms with Gasteiger partial charge in [-0.25, -0.2) is 12.8 Å². The highest BCUT2D eigenvalue weighted by molar-refractivity contribution is 7.92. The summed E-state index contributed by atoms with van der Waals surface area (Å²) < 4.78 is 41.5. The van der Waals surface area contributed by atoms with Crippen LogP contribution < -0.4 is 10.0 Å². The Balaban J connectivity index is 1.86. The SMILES string of the molecule is CC(=O)c1c[nH]c(C(=O)Nc2ccc(C)c(S(=O)(=O)Nc3ccccc3F)c2)c1. The summed E-state index contributed by atoms with van der Waals surface area (Å²) in [7, 11) is -4.09. The molecule has 150 valence electrons. The van der Waals surface area contributed by atoms with Crippen LogP contribution in [0.1, 0.15) is 33.3 Å². The van der Waals surface area contributed by atoms with Crippen molar-refractivity contribution in [3.05, 3.63) is 77.4 Å². The topological polar surface area (TPSA) is 108 Å². The van der Waals surface area contributed by atoms with E-state index in [4.69, 9.17) is 0 Å². The van der Waals surface area contributed by atoms with Crippen molar-refractivity contribution in [2.24, 2.45) is 0 Å². The third-order valence-corrected chi connectivity index (χ3v) is 5.70. The van der Waals surface area contributed by atoms with Gasteiger partial charge in [-0.15, -0.1) is 0 Å². The first-order valence-corrected chi connectivity index (χ1v) is 10.0. The molecule has 0 saturated heterocycles. The Labute approximate surface area is 167 Å². The standard InChI is InChI=1S/C20H18FN3O4S/c1-12-7-8-15(23-20(26)18-9-14(11-22-18)13(2)25)10-19(12)29(27,28)24-17-6-4-3-5-16(17)21/h3-11,22,24H,1-2H3,(H,23,26). The van der Waals surface area contributed by atoms with Gasteiger partial charge in [-0.1, -0.05) is 18.2 Å². The molecule has 0 aliphatic carbocycles. The maximum Gasteiger partial charge on any atom is 0.272 e. The molecule has 1 heterocycles. The normalized spacial score (nSPS) is 11.1. The number of sulfonamides is 1. The van der Waals surface area contributed by atoms with Crippen LogP contribution >= 0.6 is 0 Å². The number of hydrogen-bond acceptors (Lipinski definition) is 4. The van der Waals surface area contributed by atoms with Crippen LogP contribution in [-0.2, 0) is 10.0 Å². The number of aryl methyl sites for hydroxylation is 1. The summed E-state index contributed by atoms with van der Waals surface area (Å²) in [6.45, 7) is 2.97. The third kappa shape index (κ3) is 4.52. The van der Waals surface area contributed by atoms with Crippen molar-refractivity contribution in [2.45, 2.75) is 18.7 Å². The predicted octanol–water partition coefficient (Wildman–Crippen LogP) is 3.72. The molecule has 2 aromatic carbocycles. The van der Waals surface area contributed by atoms with Crippen LogP contribution in [0.5, 0.6) is 0 Å². The molecular formula is C20H18FN3O4S. The first kappa shape index (κ1) is 20.3. The van der Waals surface area contributed by atoms with E-state index in [1.165, 1.54) is 49.5 Å². The number of H-pyrrole nitrogens is 1. The highest BCUT2D eigenvalue weighted by atomic mass is 32.2. The van der Waals surface area contributed by atoms with E-state index in [9.17, 15) is 22.4 Å². The average molecular weight is 415 g/mol. The Bertz CT molecular complexity index is 1200. The minimum atomic E-state index is -4.09. The lowest BCUT2D eigenvalue weighted by molar-refractivity contribution is 0.101. The summed E-state index contributed by atoms with van der Waals surface area (Å²) >= 11 is 0. The fourth-order valence-corrected chi connectivity index (χ4v) is 3.98. The van der Waals surface area contributed by atoms with Crippen molar-refractivity contribution < 1.29 is 22.4 Å². The summed E-state index contributed by atoms with van der Waals surface area (Å²) in [5, 5.41) is 2.58.